The summed E-state index contributed by atoms with van der Waals surface area (Å²) in [5.41, 5.74) is 3.17. The van der Waals surface area contributed by atoms with Gasteiger partial charge in [-0.3, -0.25) is 9.36 Å². The molecule has 0 spiro atoms. The number of ether oxygens (including phenoxy) is 1. The smallest absolute Gasteiger partial charge is 0.290 e. The molecule has 188 valence electrons. The zero-order valence-electron chi connectivity index (χ0n) is 21.1. The van der Waals surface area contributed by atoms with E-state index in [4.69, 9.17) is 24.7 Å². The monoisotopic (exact) mass is 488 g/mol. The first-order chi connectivity index (χ1) is 17.6. The molecule has 0 unspecified atom stereocenters. The lowest BCUT2D eigenvalue weighted by molar-refractivity contribution is 0.0619. The molecule has 4 aromatic rings. The van der Waals surface area contributed by atoms with Gasteiger partial charge in [0.05, 0.1) is 24.2 Å². The summed E-state index contributed by atoms with van der Waals surface area (Å²) in [6.45, 7) is 7.63. The number of nitrogens with zero attached hydrogens (tertiary/aromatic N) is 8. The molecule has 0 radical (unpaired) electrons. The number of amides is 1. The standard InChI is InChI=1S/C26H32N8O2/c1-4-20-27-18-10-5-6-11-19(18)34(20)26-29-22-21(23(30-26)32-13-15-36-16-14-32)28-24(31(22)3)25(35)33-12-8-7-9-17(33)2/h5-6,10-11,17H,4,7-9,12-16H2,1-3H3/t17-/m0/s1. The highest BCUT2D eigenvalue weighted by atomic mass is 16.5. The van der Waals surface area contributed by atoms with Crippen molar-refractivity contribution in [1.29, 1.82) is 0 Å². The molecule has 3 aromatic heterocycles. The van der Waals surface area contributed by atoms with Gasteiger partial charge in [-0.1, -0.05) is 19.1 Å². The van der Waals surface area contributed by atoms with Gasteiger partial charge in [-0.25, -0.2) is 9.97 Å². The topological polar surface area (TPSA) is 94.2 Å². The number of benzene rings is 1. The maximum absolute atomic E-state index is 13.6. The Morgan fingerprint density at radius 1 is 1.06 bits per heavy atom. The normalized spacial score (nSPS) is 18.9. The average Bonchev–Trinajstić information content (AvgIpc) is 3.46. The van der Waals surface area contributed by atoms with Crippen molar-refractivity contribution in [2.24, 2.45) is 7.05 Å². The van der Waals surface area contributed by atoms with Crippen LogP contribution in [0.5, 0.6) is 0 Å². The van der Waals surface area contributed by atoms with Gasteiger partial charge in [-0.15, -0.1) is 0 Å². The summed E-state index contributed by atoms with van der Waals surface area (Å²) in [5, 5.41) is 0. The van der Waals surface area contributed by atoms with Crippen molar-refractivity contribution in [3.05, 3.63) is 35.9 Å². The highest BCUT2D eigenvalue weighted by Crippen LogP contribution is 2.29. The van der Waals surface area contributed by atoms with Crippen molar-refractivity contribution in [2.75, 3.05) is 37.7 Å². The lowest BCUT2D eigenvalue weighted by atomic mass is 10.0. The molecule has 0 bridgehead atoms. The number of imidazole rings is 2. The SMILES string of the molecule is CCc1nc2ccccc2n1-c1nc(N2CCOCC2)c2nc(C(=O)N3CCCC[C@@H]3C)n(C)c2n1. The number of likely N-dealkylation sites (tertiary alicyclic amines) is 1. The van der Waals surface area contributed by atoms with Crippen LogP contribution in [0.3, 0.4) is 0 Å². The Kier molecular flexibility index (Phi) is 5.83. The van der Waals surface area contributed by atoms with E-state index in [0.717, 1.165) is 54.9 Å². The molecule has 5 heterocycles. The quantitative estimate of drug-likeness (QED) is 0.436. The van der Waals surface area contributed by atoms with Crippen molar-refractivity contribution >= 4 is 33.9 Å². The zero-order chi connectivity index (χ0) is 24.8. The Morgan fingerprint density at radius 3 is 2.64 bits per heavy atom. The third-order valence-corrected chi connectivity index (χ3v) is 7.40. The van der Waals surface area contributed by atoms with Gasteiger partial charge < -0.3 is 19.1 Å². The first-order valence-corrected chi connectivity index (χ1v) is 12.9. The zero-order valence-corrected chi connectivity index (χ0v) is 21.1. The highest BCUT2D eigenvalue weighted by Gasteiger charge is 2.30. The third-order valence-electron chi connectivity index (χ3n) is 7.40. The number of carbonyl (C=O) groups is 1. The number of fused-ring (bicyclic) bond motifs is 2. The maximum Gasteiger partial charge on any atom is 0.290 e. The Hall–Kier alpha value is -3.53. The van der Waals surface area contributed by atoms with Crippen LogP contribution in [0.1, 0.15) is 49.6 Å². The van der Waals surface area contributed by atoms with Crippen molar-refractivity contribution < 1.29 is 9.53 Å². The average molecular weight is 489 g/mol. The van der Waals surface area contributed by atoms with Gasteiger partial charge in [-0.05, 0) is 38.3 Å². The number of para-hydroxylation sites is 2. The molecule has 2 aliphatic rings. The van der Waals surface area contributed by atoms with Crippen LogP contribution in [0.25, 0.3) is 28.1 Å². The fourth-order valence-corrected chi connectivity index (χ4v) is 5.39. The number of anilines is 1. The van der Waals surface area contributed by atoms with E-state index < -0.39 is 0 Å². The van der Waals surface area contributed by atoms with E-state index in [2.05, 4.69) is 18.7 Å². The van der Waals surface area contributed by atoms with Gasteiger partial charge in [0.25, 0.3) is 5.91 Å². The van der Waals surface area contributed by atoms with Gasteiger partial charge in [0, 0.05) is 39.1 Å². The third kappa shape index (κ3) is 3.71. The molecule has 2 aliphatic heterocycles. The summed E-state index contributed by atoms with van der Waals surface area (Å²) in [7, 11) is 1.88. The van der Waals surface area contributed by atoms with Crippen LogP contribution >= 0.6 is 0 Å². The van der Waals surface area contributed by atoms with E-state index in [1.165, 1.54) is 0 Å². The minimum atomic E-state index is -0.0421. The van der Waals surface area contributed by atoms with E-state index >= 15 is 0 Å². The van der Waals surface area contributed by atoms with Crippen LogP contribution in [0.4, 0.5) is 5.82 Å². The first kappa shape index (κ1) is 22.9. The van der Waals surface area contributed by atoms with Crippen molar-refractivity contribution in [3.63, 3.8) is 0 Å². The number of piperidine rings is 1. The molecule has 10 heteroatoms. The molecule has 0 N–H and O–H groups in total. The molecular formula is C26H32N8O2. The van der Waals surface area contributed by atoms with Gasteiger partial charge in [0.15, 0.2) is 17.0 Å². The van der Waals surface area contributed by atoms with Crippen molar-refractivity contribution in [2.45, 2.75) is 45.6 Å². The lowest BCUT2D eigenvalue weighted by Crippen LogP contribution is -2.43. The molecule has 0 aliphatic carbocycles. The van der Waals surface area contributed by atoms with Gasteiger partial charge >= 0.3 is 0 Å². The molecule has 10 nitrogen and oxygen atoms in total. The van der Waals surface area contributed by atoms with Crippen LogP contribution in [-0.4, -0.2) is 78.8 Å². The Labute approximate surface area is 209 Å². The van der Waals surface area contributed by atoms with E-state index in [0.29, 0.717) is 49.2 Å². The summed E-state index contributed by atoms with van der Waals surface area (Å²) >= 11 is 0. The van der Waals surface area contributed by atoms with Crippen molar-refractivity contribution in [1.82, 2.24) is 34.0 Å². The van der Waals surface area contributed by atoms with Crippen LogP contribution in [0.2, 0.25) is 0 Å². The van der Waals surface area contributed by atoms with E-state index in [1.54, 1.807) is 0 Å². The molecule has 36 heavy (non-hydrogen) atoms. The summed E-state index contributed by atoms with van der Waals surface area (Å²) in [6, 6.07) is 8.24. The Morgan fingerprint density at radius 2 is 1.86 bits per heavy atom. The van der Waals surface area contributed by atoms with Crippen LogP contribution in [0.15, 0.2) is 24.3 Å². The second kappa shape index (κ2) is 9.16. The Bertz CT molecular complexity index is 1440. The van der Waals surface area contributed by atoms with E-state index in [1.807, 2.05) is 45.3 Å². The molecule has 2 fully saturated rings. The van der Waals surface area contributed by atoms with Gasteiger partial charge in [0.2, 0.25) is 11.8 Å². The van der Waals surface area contributed by atoms with E-state index in [9.17, 15) is 4.79 Å². The first-order valence-electron chi connectivity index (χ1n) is 12.9. The number of rotatable bonds is 4. The molecule has 0 saturated carbocycles. The number of hydrogen-bond donors (Lipinski definition) is 0. The molecule has 1 aromatic carbocycles. The van der Waals surface area contributed by atoms with Gasteiger partial charge in [0.1, 0.15) is 5.82 Å². The molecular weight excluding hydrogens is 456 g/mol. The molecule has 6 rings (SSSR count). The molecule has 1 atom stereocenters. The Balaban J connectivity index is 1.55. The summed E-state index contributed by atoms with van der Waals surface area (Å²) in [5.74, 6) is 2.54. The van der Waals surface area contributed by atoms with Crippen LogP contribution < -0.4 is 4.90 Å². The number of hydrogen-bond acceptors (Lipinski definition) is 7. The van der Waals surface area contributed by atoms with Crippen molar-refractivity contribution in [3.8, 4) is 5.95 Å². The summed E-state index contributed by atoms with van der Waals surface area (Å²) in [4.78, 5) is 37.5. The minimum absolute atomic E-state index is 0.0421. The second-order valence-electron chi connectivity index (χ2n) is 9.66. The maximum atomic E-state index is 13.6. The van der Waals surface area contributed by atoms with Crippen LogP contribution in [-0.2, 0) is 18.2 Å². The van der Waals surface area contributed by atoms with Gasteiger partial charge in [-0.2, -0.15) is 9.97 Å². The fourth-order valence-electron chi connectivity index (χ4n) is 5.39. The number of morpholine rings is 1. The fraction of sp³-hybridized carbons (Fsp3) is 0.500. The lowest BCUT2D eigenvalue weighted by Gasteiger charge is -2.33. The summed E-state index contributed by atoms with van der Waals surface area (Å²) < 4.78 is 9.46. The molecule has 1 amide bonds. The van der Waals surface area contributed by atoms with E-state index in [-0.39, 0.29) is 11.9 Å². The number of carbonyl (C=O) groups excluding carboxylic acids is 1. The number of aromatic nitrogens is 6. The highest BCUT2D eigenvalue weighted by molar-refractivity contribution is 5.97. The summed E-state index contributed by atoms with van der Waals surface area (Å²) in [6.07, 6.45) is 3.94. The second-order valence-corrected chi connectivity index (χ2v) is 9.66. The predicted molar refractivity (Wildman–Crippen MR) is 138 cm³/mol. The number of aryl methyl sites for hydroxylation is 2. The van der Waals surface area contributed by atoms with Crippen LogP contribution in [0, 0.1) is 0 Å². The molecule has 2 saturated heterocycles. The minimum Gasteiger partial charge on any atom is -0.378 e. The predicted octanol–water partition coefficient (Wildman–Crippen LogP) is 3.12. The largest absolute Gasteiger partial charge is 0.378 e.